The molecule has 1 rings (SSSR count). The maximum absolute atomic E-state index is 4.38. The smallest absolute Gasteiger partial charge is 0.179 e. The lowest BCUT2D eigenvalue weighted by atomic mass is 9.97. The van der Waals surface area contributed by atoms with Crippen LogP contribution in [-0.4, -0.2) is 35.7 Å². The molecule has 0 saturated heterocycles. The molecule has 0 aromatic rings. The molecular formula is C9H17N3S. The van der Waals surface area contributed by atoms with Crippen molar-refractivity contribution in [2.24, 2.45) is 15.5 Å². The molecule has 0 unspecified atom stereocenters. The van der Waals surface area contributed by atoms with Crippen LogP contribution in [0.25, 0.3) is 0 Å². The minimum Gasteiger partial charge on any atom is -0.261 e. The van der Waals surface area contributed by atoms with Crippen molar-refractivity contribution in [3.8, 4) is 0 Å². The van der Waals surface area contributed by atoms with Gasteiger partial charge in [-0.3, -0.25) is 4.99 Å². The average molecular weight is 199 g/mol. The van der Waals surface area contributed by atoms with E-state index in [4.69, 9.17) is 0 Å². The molecule has 0 aromatic carbocycles. The number of hydrogen-bond acceptors (Lipinski definition) is 3. The molecule has 0 bridgehead atoms. The predicted octanol–water partition coefficient (Wildman–Crippen LogP) is 2.05. The molecule has 0 spiro atoms. The number of amidine groups is 1. The number of hydrogen-bond donors (Lipinski definition) is 0. The Morgan fingerprint density at radius 3 is 2.77 bits per heavy atom. The number of hydrazone groups is 1. The highest BCUT2D eigenvalue weighted by atomic mass is 32.2. The summed E-state index contributed by atoms with van der Waals surface area (Å²) in [5.41, 5.74) is 0.185. The Bertz CT molecular complexity index is 233. The van der Waals surface area contributed by atoms with Gasteiger partial charge in [0.2, 0.25) is 0 Å². The van der Waals surface area contributed by atoms with Crippen LogP contribution in [0.3, 0.4) is 0 Å². The highest BCUT2D eigenvalue weighted by molar-refractivity contribution is 8.13. The summed E-state index contributed by atoms with van der Waals surface area (Å²) in [5.74, 6) is 0. The van der Waals surface area contributed by atoms with Gasteiger partial charge in [-0.25, -0.2) is 5.01 Å². The molecule has 0 aliphatic carbocycles. The van der Waals surface area contributed by atoms with E-state index in [1.807, 2.05) is 24.4 Å². The summed E-state index contributed by atoms with van der Waals surface area (Å²) in [6.07, 6.45) is 4.03. The molecule has 1 aliphatic heterocycles. The third-order valence-electron chi connectivity index (χ3n) is 1.80. The van der Waals surface area contributed by atoms with E-state index in [2.05, 4.69) is 23.9 Å². The van der Waals surface area contributed by atoms with Crippen molar-refractivity contribution < 1.29 is 0 Å². The van der Waals surface area contributed by atoms with Crippen LogP contribution in [0, 0.1) is 5.41 Å². The van der Waals surface area contributed by atoms with Gasteiger partial charge in [0, 0.05) is 18.2 Å². The molecule has 4 heteroatoms. The van der Waals surface area contributed by atoms with E-state index < -0.39 is 0 Å². The van der Waals surface area contributed by atoms with Crippen LogP contribution in [-0.2, 0) is 0 Å². The standard InChI is InChI=1S/C9H17N3S/c1-5-10-8(13-4)12-7-9(2,3)6-11-12/h6H,5,7H2,1-4H3/b10-8+. The number of thioether (sulfide) groups is 1. The second-order valence-electron chi connectivity index (χ2n) is 3.75. The monoisotopic (exact) mass is 199 g/mol. The van der Waals surface area contributed by atoms with Gasteiger partial charge in [0.05, 0.1) is 6.54 Å². The lowest BCUT2D eigenvalue weighted by Crippen LogP contribution is -2.27. The molecule has 0 radical (unpaired) electrons. The van der Waals surface area contributed by atoms with Crippen LogP contribution < -0.4 is 0 Å². The number of nitrogens with zero attached hydrogens (tertiary/aromatic N) is 3. The van der Waals surface area contributed by atoms with Gasteiger partial charge in [0.25, 0.3) is 0 Å². The first-order valence-corrected chi connectivity index (χ1v) is 5.72. The summed E-state index contributed by atoms with van der Waals surface area (Å²) in [7, 11) is 0. The van der Waals surface area contributed by atoms with Crippen molar-refractivity contribution >= 4 is 23.1 Å². The van der Waals surface area contributed by atoms with Crippen molar-refractivity contribution in [3.63, 3.8) is 0 Å². The predicted molar refractivity (Wildman–Crippen MR) is 60.5 cm³/mol. The zero-order chi connectivity index (χ0) is 9.90. The molecule has 13 heavy (non-hydrogen) atoms. The molecule has 0 aromatic heterocycles. The second-order valence-corrected chi connectivity index (χ2v) is 4.53. The third kappa shape index (κ3) is 2.72. The first-order chi connectivity index (χ1) is 6.09. The van der Waals surface area contributed by atoms with Crippen molar-refractivity contribution in [1.82, 2.24) is 5.01 Å². The fraction of sp³-hybridized carbons (Fsp3) is 0.778. The quantitative estimate of drug-likeness (QED) is 0.477. The van der Waals surface area contributed by atoms with Gasteiger partial charge in [0.15, 0.2) is 5.17 Å². The largest absolute Gasteiger partial charge is 0.261 e. The lowest BCUT2D eigenvalue weighted by molar-refractivity contribution is 0.391. The normalized spacial score (nSPS) is 21.2. The van der Waals surface area contributed by atoms with Crippen molar-refractivity contribution in [1.29, 1.82) is 0 Å². The van der Waals surface area contributed by atoms with Gasteiger partial charge in [-0.1, -0.05) is 25.6 Å². The molecule has 0 saturated carbocycles. The van der Waals surface area contributed by atoms with E-state index in [0.29, 0.717) is 0 Å². The van der Waals surface area contributed by atoms with Crippen LogP contribution in [0.2, 0.25) is 0 Å². The Morgan fingerprint density at radius 2 is 2.38 bits per heavy atom. The van der Waals surface area contributed by atoms with Gasteiger partial charge in [-0.15, -0.1) is 0 Å². The molecule has 3 nitrogen and oxygen atoms in total. The van der Waals surface area contributed by atoms with E-state index in [-0.39, 0.29) is 5.41 Å². The van der Waals surface area contributed by atoms with E-state index in [1.165, 1.54) is 0 Å². The zero-order valence-corrected chi connectivity index (χ0v) is 9.56. The van der Waals surface area contributed by atoms with Gasteiger partial charge in [-0.05, 0) is 13.2 Å². The molecule has 1 heterocycles. The Labute approximate surface area is 84.3 Å². The zero-order valence-electron chi connectivity index (χ0n) is 8.74. The summed E-state index contributed by atoms with van der Waals surface area (Å²) < 4.78 is 0. The van der Waals surface area contributed by atoms with E-state index in [9.17, 15) is 0 Å². The molecule has 1 aliphatic rings. The average Bonchev–Trinajstić information content (AvgIpc) is 2.42. The third-order valence-corrected chi connectivity index (χ3v) is 2.51. The number of rotatable bonds is 1. The second kappa shape index (κ2) is 4.13. The van der Waals surface area contributed by atoms with Gasteiger partial charge in [0.1, 0.15) is 0 Å². The summed E-state index contributed by atoms with van der Waals surface area (Å²) in [5, 5.41) is 7.33. The summed E-state index contributed by atoms with van der Waals surface area (Å²) in [6, 6.07) is 0. The SMILES string of the molecule is CC/N=C(/SC)N1CC(C)(C)C=N1. The van der Waals surface area contributed by atoms with Crippen LogP contribution >= 0.6 is 11.8 Å². The van der Waals surface area contributed by atoms with E-state index in [1.54, 1.807) is 11.8 Å². The number of aliphatic imine (C=N–C) groups is 1. The lowest BCUT2D eigenvalue weighted by Gasteiger charge is -2.19. The van der Waals surface area contributed by atoms with Crippen LogP contribution in [0.1, 0.15) is 20.8 Å². The minimum atomic E-state index is 0.185. The summed E-state index contributed by atoms with van der Waals surface area (Å²) in [4.78, 5) is 4.38. The van der Waals surface area contributed by atoms with Crippen molar-refractivity contribution in [2.45, 2.75) is 20.8 Å². The Kier molecular flexibility index (Phi) is 3.36. The highest BCUT2D eigenvalue weighted by Crippen LogP contribution is 2.23. The van der Waals surface area contributed by atoms with E-state index >= 15 is 0 Å². The maximum Gasteiger partial charge on any atom is 0.179 e. The van der Waals surface area contributed by atoms with Crippen molar-refractivity contribution in [3.05, 3.63) is 0 Å². The molecule has 0 amide bonds. The van der Waals surface area contributed by atoms with Crippen molar-refractivity contribution in [2.75, 3.05) is 19.3 Å². The minimum absolute atomic E-state index is 0.185. The molecular weight excluding hydrogens is 182 g/mol. The van der Waals surface area contributed by atoms with Gasteiger partial charge in [-0.2, -0.15) is 5.10 Å². The Balaban J connectivity index is 2.65. The topological polar surface area (TPSA) is 28.0 Å². The Hall–Kier alpha value is -0.510. The summed E-state index contributed by atoms with van der Waals surface area (Å²) >= 11 is 1.65. The first-order valence-electron chi connectivity index (χ1n) is 4.50. The maximum atomic E-state index is 4.38. The highest BCUT2D eigenvalue weighted by Gasteiger charge is 2.27. The molecule has 0 N–H and O–H groups in total. The van der Waals surface area contributed by atoms with Crippen LogP contribution in [0.4, 0.5) is 0 Å². The van der Waals surface area contributed by atoms with E-state index in [0.717, 1.165) is 18.3 Å². The molecule has 74 valence electrons. The molecule has 0 atom stereocenters. The van der Waals surface area contributed by atoms with Gasteiger partial charge < -0.3 is 0 Å². The fourth-order valence-electron chi connectivity index (χ4n) is 1.20. The van der Waals surface area contributed by atoms with Gasteiger partial charge >= 0.3 is 0 Å². The van der Waals surface area contributed by atoms with Crippen LogP contribution in [0.15, 0.2) is 10.1 Å². The Morgan fingerprint density at radius 1 is 1.69 bits per heavy atom. The van der Waals surface area contributed by atoms with Crippen LogP contribution in [0.5, 0.6) is 0 Å². The molecule has 0 fully saturated rings. The summed E-state index contributed by atoms with van der Waals surface area (Å²) in [6.45, 7) is 8.16. The fourth-order valence-corrected chi connectivity index (χ4v) is 1.78. The first kappa shape index (κ1) is 10.6.